The highest BCUT2D eigenvalue weighted by Gasteiger charge is 2.34. The Balaban J connectivity index is 2.17. The quantitative estimate of drug-likeness (QED) is 0.763. The van der Waals surface area contributed by atoms with Crippen molar-refractivity contribution in [3.8, 4) is 6.07 Å². The number of anilines is 2. The van der Waals surface area contributed by atoms with E-state index in [4.69, 9.17) is 11.0 Å². The second-order valence-electron chi connectivity index (χ2n) is 4.23. The van der Waals surface area contributed by atoms with E-state index >= 15 is 0 Å². The van der Waals surface area contributed by atoms with Crippen molar-refractivity contribution in [3.63, 3.8) is 0 Å². The van der Waals surface area contributed by atoms with Gasteiger partial charge in [-0.1, -0.05) is 0 Å². The Labute approximate surface area is 98.4 Å². The molecule has 1 fully saturated rings. The minimum Gasteiger partial charge on any atom is -0.397 e. The van der Waals surface area contributed by atoms with Crippen LogP contribution in [0.3, 0.4) is 0 Å². The molecular weight excluding hydrogens is 224 g/mol. The van der Waals surface area contributed by atoms with Crippen LogP contribution in [-0.4, -0.2) is 19.0 Å². The lowest BCUT2D eigenvalue weighted by Gasteiger charge is -2.34. The molecule has 5 heteroatoms. The molecule has 0 aliphatic carbocycles. The first-order valence-corrected chi connectivity index (χ1v) is 5.44. The molecule has 2 N–H and O–H groups in total. The monoisotopic (exact) mass is 237 g/mol. The molecule has 1 aromatic carbocycles. The SMILES string of the molecule is N#Cc1ccc(N2CCC(F)(F)CC2)c(N)c1. The Hall–Kier alpha value is -1.83. The first-order valence-electron chi connectivity index (χ1n) is 5.44. The third-order valence-electron chi connectivity index (χ3n) is 2.99. The summed E-state index contributed by atoms with van der Waals surface area (Å²) in [4.78, 5) is 1.84. The van der Waals surface area contributed by atoms with E-state index in [2.05, 4.69) is 0 Å². The van der Waals surface area contributed by atoms with Crippen LogP contribution in [-0.2, 0) is 0 Å². The standard InChI is InChI=1S/C12H13F2N3/c13-12(14)3-5-17(6-4-12)11-2-1-9(8-15)7-10(11)16/h1-2,7H,3-6,16H2. The summed E-state index contributed by atoms with van der Waals surface area (Å²) in [5.74, 6) is -2.56. The van der Waals surface area contributed by atoms with Crippen molar-refractivity contribution in [2.45, 2.75) is 18.8 Å². The van der Waals surface area contributed by atoms with E-state index in [0.717, 1.165) is 5.69 Å². The topological polar surface area (TPSA) is 53.0 Å². The smallest absolute Gasteiger partial charge is 0.251 e. The summed E-state index contributed by atoms with van der Waals surface area (Å²) in [7, 11) is 0. The van der Waals surface area contributed by atoms with Gasteiger partial charge in [-0.2, -0.15) is 5.26 Å². The first-order chi connectivity index (χ1) is 8.02. The van der Waals surface area contributed by atoms with Gasteiger partial charge < -0.3 is 10.6 Å². The zero-order valence-electron chi connectivity index (χ0n) is 9.29. The van der Waals surface area contributed by atoms with Crippen molar-refractivity contribution in [1.82, 2.24) is 0 Å². The summed E-state index contributed by atoms with van der Waals surface area (Å²) in [5.41, 5.74) is 7.50. The zero-order valence-corrected chi connectivity index (χ0v) is 9.29. The van der Waals surface area contributed by atoms with E-state index in [-0.39, 0.29) is 12.8 Å². The molecule has 0 aromatic heterocycles. The van der Waals surface area contributed by atoms with E-state index in [1.54, 1.807) is 18.2 Å². The van der Waals surface area contributed by atoms with Gasteiger partial charge in [0.25, 0.3) is 5.92 Å². The molecule has 2 rings (SSSR count). The summed E-state index contributed by atoms with van der Waals surface area (Å²) in [6.45, 7) is 0.589. The molecule has 1 aromatic rings. The van der Waals surface area contributed by atoms with E-state index in [1.807, 2.05) is 11.0 Å². The number of alkyl halides is 2. The summed E-state index contributed by atoms with van der Waals surface area (Å²) in [6.07, 6.45) is -0.293. The number of nitrogens with two attached hydrogens (primary N) is 1. The van der Waals surface area contributed by atoms with Crippen LogP contribution in [0.15, 0.2) is 18.2 Å². The lowest BCUT2D eigenvalue weighted by Crippen LogP contribution is -2.39. The molecule has 17 heavy (non-hydrogen) atoms. The van der Waals surface area contributed by atoms with Crippen LogP contribution in [0, 0.1) is 11.3 Å². The maximum atomic E-state index is 13.0. The number of piperidine rings is 1. The minimum absolute atomic E-state index is 0.146. The van der Waals surface area contributed by atoms with E-state index in [0.29, 0.717) is 24.3 Å². The Bertz CT molecular complexity index is 455. The highest BCUT2D eigenvalue weighted by atomic mass is 19.3. The number of nitriles is 1. The van der Waals surface area contributed by atoms with Crippen LogP contribution in [0.5, 0.6) is 0 Å². The molecule has 1 heterocycles. The summed E-state index contributed by atoms with van der Waals surface area (Å²) >= 11 is 0. The van der Waals surface area contributed by atoms with Crippen molar-refractivity contribution in [2.75, 3.05) is 23.7 Å². The zero-order chi connectivity index (χ0) is 12.5. The number of nitrogens with zero attached hydrogens (tertiary/aromatic N) is 2. The van der Waals surface area contributed by atoms with Gasteiger partial charge >= 0.3 is 0 Å². The van der Waals surface area contributed by atoms with E-state index in [9.17, 15) is 8.78 Å². The number of nitrogen functional groups attached to an aromatic ring is 1. The van der Waals surface area contributed by atoms with E-state index < -0.39 is 5.92 Å². The maximum Gasteiger partial charge on any atom is 0.251 e. The Morgan fingerprint density at radius 3 is 2.47 bits per heavy atom. The number of hydrogen-bond acceptors (Lipinski definition) is 3. The highest BCUT2D eigenvalue weighted by Crippen LogP contribution is 2.33. The number of halogens is 2. The fourth-order valence-electron chi connectivity index (χ4n) is 1.99. The fraction of sp³-hybridized carbons (Fsp3) is 0.417. The van der Waals surface area contributed by atoms with Gasteiger partial charge in [-0.05, 0) is 18.2 Å². The van der Waals surface area contributed by atoms with Gasteiger partial charge in [-0.15, -0.1) is 0 Å². The normalized spacial score (nSPS) is 18.8. The Kier molecular flexibility index (Phi) is 2.88. The van der Waals surface area contributed by atoms with E-state index in [1.165, 1.54) is 0 Å². The van der Waals surface area contributed by atoms with Gasteiger partial charge in [0.15, 0.2) is 0 Å². The van der Waals surface area contributed by atoms with Gasteiger partial charge in [-0.25, -0.2) is 8.78 Å². The second kappa shape index (κ2) is 4.21. The Morgan fingerprint density at radius 2 is 1.94 bits per heavy atom. The number of hydrogen-bond donors (Lipinski definition) is 1. The van der Waals surface area contributed by atoms with Crippen molar-refractivity contribution < 1.29 is 8.78 Å². The van der Waals surface area contributed by atoms with Crippen molar-refractivity contribution >= 4 is 11.4 Å². The molecule has 1 aliphatic rings. The van der Waals surface area contributed by atoms with Crippen molar-refractivity contribution in [2.24, 2.45) is 0 Å². The molecule has 3 nitrogen and oxygen atoms in total. The lowest BCUT2D eigenvalue weighted by molar-refractivity contribution is -0.0220. The van der Waals surface area contributed by atoms with Gasteiger partial charge in [-0.3, -0.25) is 0 Å². The molecule has 0 saturated carbocycles. The second-order valence-corrected chi connectivity index (χ2v) is 4.23. The molecule has 0 atom stereocenters. The lowest BCUT2D eigenvalue weighted by atomic mass is 10.1. The maximum absolute atomic E-state index is 13.0. The van der Waals surface area contributed by atoms with Crippen LogP contribution in [0.25, 0.3) is 0 Å². The van der Waals surface area contributed by atoms with Gasteiger partial charge in [0.2, 0.25) is 0 Å². The first kappa shape index (κ1) is 11.6. The van der Waals surface area contributed by atoms with Crippen LogP contribution < -0.4 is 10.6 Å². The summed E-state index contributed by atoms with van der Waals surface area (Å²) in [6, 6.07) is 6.93. The van der Waals surface area contributed by atoms with Crippen LogP contribution in [0.1, 0.15) is 18.4 Å². The molecule has 1 saturated heterocycles. The molecular formula is C12H13F2N3. The summed E-state index contributed by atoms with van der Waals surface area (Å²) in [5, 5.41) is 8.71. The third-order valence-corrected chi connectivity index (χ3v) is 2.99. The summed E-state index contributed by atoms with van der Waals surface area (Å²) < 4.78 is 26.0. The molecule has 0 unspecified atom stereocenters. The molecule has 1 aliphatic heterocycles. The van der Waals surface area contributed by atoms with Crippen LogP contribution in [0.2, 0.25) is 0 Å². The van der Waals surface area contributed by atoms with Gasteiger partial charge in [0.05, 0.1) is 23.0 Å². The Morgan fingerprint density at radius 1 is 1.29 bits per heavy atom. The molecule has 0 radical (unpaired) electrons. The fourth-order valence-corrected chi connectivity index (χ4v) is 1.99. The van der Waals surface area contributed by atoms with Crippen LogP contribution in [0.4, 0.5) is 20.2 Å². The van der Waals surface area contributed by atoms with Crippen LogP contribution >= 0.6 is 0 Å². The average Bonchev–Trinajstić information content (AvgIpc) is 2.29. The largest absolute Gasteiger partial charge is 0.397 e. The molecule has 0 spiro atoms. The number of benzene rings is 1. The molecule has 0 amide bonds. The van der Waals surface area contributed by atoms with Crippen molar-refractivity contribution in [3.05, 3.63) is 23.8 Å². The van der Waals surface area contributed by atoms with Gasteiger partial charge in [0, 0.05) is 25.9 Å². The minimum atomic E-state index is -2.56. The third kappa shape index (κ3) is 2.47. The van der Waals surface area contributed by atoms with Gasteiger partial charge in [0.1, 0.15) is 0 Å². The average molecular weight is 237 g/mol. The highest BCUT2D eigenvalue weighted by molar-refractivity contribution is 5.69. The molecule has 90 valence electrons. The predicted molar refractivity (Wildman–Crippen MR) is 62.0 cm³/mol. The number of rotatable bonds is 1. The predicted octanol–water partition coefficient (Wildman–Crippen LogP) is 2.38. The van der Waals surface area contributed by atoms with Crippen molar-refractivity contribution in [1.29, 1.82) is 5.26 Å². The molecule has 0 bridgehead atoms.